The fourth-order valence-electron chi connectivity index (χ4n) is 2.82. The number of piperidine rings is 1. The van der Waals surface area contributed by atoms with Gasteiger partial charge in [0.05, 0.1) is 19.2 Å². The highest BCUT2D eigenvalue weighted by molar-refractivity contribution is 5.97. The van der Waals surface area contributed by atoms with Crippen molar-refractivity contribution in [3.8, 4) is 11.5 Å². The van der Waals surface area contributed by atoms with Crippen molar-refractivity contribution in [3.05, 3.63) is 54.4 Å². The molecule has 3 rings (SSSR count). The summed E-state index contributed by atoms with van der Waals surface area (Å²) < 4.78 is 11.3. The van der Waals surface area contributed by atoms with Crippen molar-refractivity contribution in [2.45, 2.75) is 18.9 Å². The molecule has 0 spiro atoms. The molecule has 120 valence electrons. The highest BCUT2D eigenvalue weighted by Crippen LogP contribution is 2.23. The molecule has 1 aromatic carbocycles. The van der Waals surface area contributed by atoms with Crippen LogP contribution in [0.4, 0.5) is 0 Å². The maximum Gasteiger partial charge on any atom is 0.257 e. The minimum absolute atomic E-state index is 0.00445. The molecule has 1 amide bonds. The fourth-order valence-corrected chi connectivity index (χ4v) is 2.82. The number of nitrogens with zero attached hydrogens (tertiary/aromatic N) is 2. The first-order valence-corrected chi connectivity index (χ1v) is 7.77. The van der Waals surface area contributed by atoms with Crippen LogP contribution in [0.3, 0.4) is 0 Å². The zero-order valence-corrected chi connectivity index (χ0v) is 13.1. The van der Waals surface area contributed by atoms with E-state index < -0.39 is 0 Å². The molecule has 0 aliphatic carbocycles. The number of amides is 1. The minimum Gasteiger partial charge on any atom is -0.496 e. The minimum atomic E-state index is -0.00882. The number of carbonyl (C=O) groups is 1. The van der Waals surface area contributed by atoms with Gasteiger partial charge in [-0.2, -0.15) is 0 Å². The Hall–Kier alpha value is -2.56. The Morgan fingerprint density at radius 3 is 2.78 bits per heavy atom. The highest BCUT2D eigenvalue weighted by atomic mass is 16.5. The molecule has 5 heteroatoms. The molecule has 1 unspecified atom stereocenters. The van der Waals surface area contributed by atoms with Gasteiger partial charge in [0.2, 0.25) is 0 Å². The van der Waals surface area contributed by atoms with Crippen LogP contribution in [0.5, 0.6) is 11.5 Å². The van der Waals surface area contributed by atoms with E-state index in [-0.39, 0.29) is 12.0 Å². The van der Waals surface area contributed by atoms with E-state index in [1.54, 1.807) is 25.6 Å². The second kappa shape index (κ2) is 7.13. The SMILES string of the molecule is COc1ccccc1C(=O)N1CCCC(Oc2ccncc2)C1. The third-order valence-electron chi connectivity index (χ3n) is 3.96. The second-order valence-electron chi connectivity index (χ2n) is 5.52. The van der Waals surface area contributed by atoms with Crippen molar-refractivity contribution in [3.63, 3.8) is 0 Å². The molecule has 2 aromatic rings. The molecule has 1 aromatic heterocycles. The van der Waals surface area contributed by atoms with Gasteiger partial charge < -0.3 is 14.4 Å². The topological polar surface area (TPSA) is 51.7 Å². The fraction of sp³-hybridized carbons (Fsp3) is 0.333. The van der Waals surface area contributed by atoms with Gasteiger partial charge in [-0.15, -0.1) is 0 Å². The van der Waals surface area contributed by atoms with E-state index in [1.165, 1.54) is 0 Å². The number of rotatable bonds is 4. The number of pyridine rings is 1. The Kier molecular flexibility index (Phi) is 4.76. The molecule has 0 radical (unpaired) electrons. The molecule has 5 nitrogen and oxygen atoms in total. The molecule has 1 saturated heterocycles. The third kappa shape index (κ3) is 3.62. The molecule has 1 atom stereocenters. The number of ether oxygens (including phenoxy) is 2. The van der Waals surface area contributed by atoms with Gasteiger partial charge in [0, 0.05) is 18.9 Å². The maximum atomic E-state index is 12.8. The van der Waals surface area contributed by atoms with Crippen LogP contribution in [0.1, 0.15) is 23.2 Å². The van der Waals surface area contributed by atoms with Crippen LogP contribution in [0, 0.1) is 0 Å². The Labute approximate surface area is 135 Å². The molecule has 1 aliphatic rings. The number of hydrogen-bond donors (Lipinski definition) is 0. The zero-order chi connectivity index (χ0) is 16.1. The first-order valence-electron chi connectivity index (χ1n) is 7.77. The molecule has 0 N–H and O–H groups in total. The van der Waals surface area contributed by atoms with Gasteiger partial charge in [-0.05, 0) is 37.1 Å². The van der Waals surface area contributed by atoms with Crippen molar-refractivity contribution in [2.24, 2.45) is 0 Å². The van der Waals surface area contributed by atoms with Crippen molar-refractivity contribution >= 4 is 5.91 Å². The van der Waals surface area contributed by atoms with Crippen molar-refractivity contribution < 1.29 is 14.3 Å². The summed E-state index contributed by atoms with van der Waals surface area (Å²) in [6.07, 6.45) is 5.28. The Morgan fingerprint density at radius 2 is 2.00 bits per heavy atom. The van der Waals surface area contributed by atoms with Gasteiger partial charge in [0.15, 0.2) is 0 Å². The number of benzene rings is 1. The van der Waals surface area contributed by atoms with Crippen molar-refractivity contribution in [2.75, 3.05) is 20.2 Å². The van der Waals surface area contributed by atoms with Gasteiger partial charge in [-0.25, -0.2) is 0 Å². The van der Waals surface area contributed by atoms with E-state index in [1.807, 2.05) is 35.2 Å². The van der Waals surface area contributed by atoms with Crippen molar-refractivity contribution in [1.82, 2.24) is 9.88 Å². The maximum absolute atomic E-state index is 12.8. The Balaban J connectivity index is 1.69. The van der Waals surface area contributed by atoms with E-state index in [2.05, 4.69) is 4.98 Å². The number of hydrogen-bond acceptors (Lipinski definition) is 4. The molecular weight excluding hydrogens is 292 g/mol. The van der Waals surface area contributed by atoms with E-state index in [0.717, 1.165) is 25.1 Å². The van der Waals surface area contributed by atoms with Gasteiger partial charge in [0.1, 0.15) is 17.6 Å². The lowest BCUT2D eigenvalue weighted by molar-refractivity contribution is 0.0535. The number of likely N-dealkylation sites (tertiary alicyclic amines) is 1. The quantitative estimate of drug-likeness (QED) is 0.871. The van der Waals surface area contributed by atoms with Crippen LogP contribution in [-0.2, 0) is 0 Å². The van der Waals surface area contributed by atoms with Crippen LogP contribution < -0.4 is 9.47 Å². The number of carbonyl (C=O) groups excluding carboxylic acids is 1. The molecule has 0 saturated carbocycles. The van der Waals surface area contributed by atoms with Gasteiger partial charge in [-0.1, -0.05) is 12.1 Å². The number of para-hydroxylation sites is 1. The highest BCUT2D eigenvalue weighted by Gasteiger charge is 2.27. The predicted molar refractivity (Wildman–Crippen MR) is 86.8 cm³/mol. The Morgan fingerprint density at radius 1 is 1.22 bits per heavy atom. The van der Waals surface area contributed by atoms with Crippen LogP contribution in [-0.4, -0.2) is 42.1 Å². The third-order valence-corrected chi connectivity index (χ3v) is 3.96. The lowest BCUT2D eigenvalue weighted by Crippen LogP contribution is -2.44. The van der Waals surface area contributed by atoms with E-state index >= 15 is 0 Å². The Bertz CT molecular complexity index is 660. The van der Waals surface area contributed by atoms with Crippen molar-refractivity contribution in [1.29, 1.82) is 0 Å². The first kappa shape index (κ1) is 15.3. The first-order chi connectivity index (χ1) is 11.3. The van der Waals surface area contributed by atoms with Crippen LogP contribution >= 0.6 is 0 Å². The molecule has 23 heavy (non-hydrogen) atoms. The normalized spacial score (nSPS) is 17.6. The van der Waals surface area contributed by atoms with Gasteiger partial charge >= 0.3 is 0 Å². The summed E-state index contributed by atoms with van der Waals surface area (Å²) in [6.45, 7) is 1.33. The largest absolute Gasteiger partial charge is 0.496 e. The standard InChI is InChI=1S/C18H20N2O3/c1-22-17-7-3-2-6-16(17)18(21)20-12-4-5-15(13-20)23-14-8-10-19-11-9-14/h2-3,6-11,15H,4-5,12-13H2,1H3. The summed E-state index contributed by atoms with van der Waals surface area (Å²) in [7, 11) is 1.58. The van der Waals surface area contributed by atoms with Crippen LogP contribution in [0.15, 0.2) is 48.8 Å². The second-order valence-corrected chi connectivity index (χ2v) is 5.52. The van der Waals surface area contributed by atoms with E-state index in [4.69, 9.17) is 9.47 Å². The smallest absolute Gasteiger partial charge is 0.257 e. The summed E-state index contributed by atoms with van der Waals surface area (Å²) >= 11 is 0. The monoisotopic (exact) mass is 312 g/mol. The van der Waals surface area contributed by atoms with Gasteiger partial charge in [0.25, 0.3) is 5.91 Å². The average Bonchev–Trinajstić information content (AvgIpc) is 2.62. The zero-order valence-electron chi connectivity index (χ0n) is 13.1. The molecule has 1 fully saturated rings. The lowest BCUT2D eigenvalue weighted by Gasteiger charge is -2.33. The van der Waals surface area contributed by atoms with Crippen LogP contribution in [0.2, 0.25) is 0 Å². The molecule has 1 aliphatic heterocycles. The molecule has 2 heterocycles. The number of aromatic nitrogens is 1. The van der Waals surface area contributed by atoms with Crippen LogP contribution in [0.25, 0.3) is 0 Å². The van der Waals surface area contributed by atoms with Gasteiger partial charge in [-0.3, -0.25) is 9.78 Å². The molecular formula is C18H20N2O3. The summed E-state index contributed by atoms with van der Waals surface area (Å²) in [5, 5.41) is 0. The summed E-state index contributed by atoms with van der Waals surface area (Å²) in [5.41, 5.74) is 0.597. The average molecular weight is 312 g/mol. The lowest BCUT2D eigenvalue weighted by atomic mass is 10.1. The van der Waals surface area contributed by atoms with E-state index in [0.29, 0.717) is 17.9 Å². The van der Waals surface area contributed by atoms with E-state index in [9.17, 15) is 4.79 Å². The summed E-state index contributed by atoms with van der Waals surface area (Å²) in [6, 6.07) is 11.0. The summed E-state index contributed by atoms with van der Waals surface area (Å²) in [5.74, 6) is 1.39. The summed E-state index contributed by atoms with van der Waals surface area (Å²) in [4.78, 5) is 18.6. The number of methoxy groups -OCH3 is 1. The molecule has 0 bridgehead atoms. The predicted octanol–water partition coefficient (Wildman–Crippen LogP) is 2.77.